The van der Waals surface area contributed by atoms with Crippen LogP contribution in [0.2, 0.25) is 0 Å². The van der Waals surface area contributed by atoms with Crippen LogP contribution in [0.15, 0.2) is 53.9 Å². The molecule has 2 atom stereocenters. The van der Waals surface area contributed by atoms with Gasteiger partial charge in [0.2, 0.25) is 5.91 Å². The van der Waals surface area contributed by atoms with E-state index in [1.165, 1.54) is 11.8 Å². The van der Waals surface area contributed by atoms with Gasteiger partial charge in [0.25, 0.3) is 0 Å². The van der Waals surface area contributed by atoms with Gasteiger partial charge < -0.3 is 4.90 Å². The highest BCUT2D eigenvalue weighted by atomic mass is 32.2. The molecule has 174 valence electrons. The molecule has 1 fully saturated rings. The first-order valence-electron chi connectivity index (χ1n) is 10.9. The van der Waals surface area contributed by atoms with Crippen LogP contribution in [-0.2, 0) is 14.6 Å². The second-order valence-corrected chi connectivity index (χ2v) is 11.6. The van der Waals surface area contributed by atoms with Gasteiger partial charge in [-0.25, -0.2) is 8.42 Å². The number of hydrogen-bond acceptors (Lipinski definition) is 7. The van der Waals surface area contributed by atoms with Crippen LogP contribution >= 0.6 is 11.8 Å². The molecule has 0 spiro atoms. The number of pyridine rings is 1. The summed E-state index contributed by atoms with van der Waals surface area (Å²) in [7, 11) is -3.08. The number of carbonyl (C=O) groups is 1. The van der Waals surface area contributed by atoms with E-state index in [9.17, 15) is 13.2 Å². The number of sulfone groups is 1. The first-order valence-corrected chi connectivity index (χ1v) is 13.6. The lowest BCUT2D eigenvalue weighted by Gasteiger charge is -2.29. The Morgan fingerprint density at radius 3 is 2.67 bits per heavy atom. The van der Waals surface area contributed by atoms with Gasteiger partial charge in [-0.3, -0.25) is 14.3 Å². The minimum Gasteiger partial charge on any atom is -0.338 e. The fourth-order valence-corrected chi connectivity index (χ4v) is 6.78. The molecule has 33 heavy (non-hydrogen) atoms. The zero-order valence-electron chi connectivity index (χ0n) is 18.9. The number of nitrogens with zero attached hydrogens (tertiary/aromatic N) is 5. The molecule has 0 saturated carbocycles. The minimum atomic E-state index is -3.08. The van der Waals surface area contributed by atoms with Crippen LogP contribution in [0.4, 0.5) is 0 Å². The van der Waals surface area contributed by atoms with Crippen LogP contribution in [0.5, 0.6) is 0 Å². The molecule has 2 aromatic heterocycles. The average Bonchev–Trinajstić information content (AvgIpc) is 3.38. The van der Waals surface area contributed by atoms with Crippen molar-refractivity contribution in [2.45, 2.75) is 43.6 Å². The van der Waals surface area contributed by atoms with Gasteiger partial charge in [-0.1, -0.05) is 30.0 Å². The molecule has 2 unspecified atom stereocenters. The van der Waals surface area contributed by atoms with Crippen molar-refractivity contribution in [1.82, 2.24) is 24.6 Å². The van der Waals surface area contributed by atoms with E-state index in [0.717, 1.165) is 16.8 Å². The predicted octanol–water partition coefficient (Wildman–Crippen LogP) is 3.15. The second-order valence-electron chi connectivity index (χ2n) is 8.11. The van der Waals surface area contributed by atoms with E-state index < -0.39 is 15.1 Å². The summed E-state index contributed by atoms with van der Waals surface area (Å²) in [6.07, 6.45) is 3.93. The lowest BCUT2D eigenvalue weighted by atomic mass is 10.2. The molecule has 0 N–H and O–H groups in total. The molecule has 4 rings (SSSR count). The summed E-state index contributed by atoms with van der Waals surface area (Å²) in [5, 5.41) is 8.99. The molecular formula is C23H27N5O3S2. The van der Waals surface area contributed by atoms with E-state index in [2.05, 4.69) is 15.2 Å². The van der Waals surface area contributed by atoms with E-state index in [1.807, 2.05) is 61.7 Å². The summed E-state index contributed by atoms with van der Waals surface area (Å²) >= 11 is 1.33. The molecule has 1 saturated heterocycles. The van der Waals surface area contributed by atoms with Crippen LogP contribution in [0.3, 0.4) is 0 Å². The smallest absolute Gasteiger partial charge is 0.236 e. The topological polar surface area (TPSA) is 98.1 Å². The highest BCUT2D eigenvalue weighted by Gasteiger charge is 2.36. The van der Waals surface area contributed by atoms with Gasteiger partial charge in [0, 0.05) is 30.5 Å². The first kappa shape index (κ1) is 23.4. The third-order valence-electron chi connectivity index (χ3n) is 5.81. The molecule has 1 aliphatic heterocycles. The van der Waals surface area contributed by atoms with Gasteiger partial charge in [0.15, 0.2) is 20.8 Å². The van der Waals surface area contributed by atoms with Crippen molar-refractivity contribution >= 4 is 27.5 Å². The Bertz CT molecular complexity index is 1240. The maximum absolute atomic E-state index is 13.3. The maximum Gasteiger partial charge on any atom is 0.236 e. The molecule has 0 radical (unpaired) electrons. The summed E-state index contributed by atoms with van der Waals surface area (Å²) in [5.41, 5.74) is 2.80. The zero-order valence-corrected chi connectivity index (χ0v) is 20.5. The van der Waals surface area contributed by atoms with Gasteiger partial charge in [-0.05, 0) is 51.0 Å². The fraction of sp³-hybridized carbons (Fsp3) is 0.391. The molecule has 3 heterocycles. The second kappa shape index (κ2) is 9.64. The number of para-hydroxylation sites is 1. The van der Waals surface area contributed by atoms with Crippen molar-refractivity contribution in [3.8, 4) is 17.1 Å². The molecule has 1 aromatic carbocycles. The van der Waals surface area contributed by atoms with Gasteiger partial charge in [-0.15, -0.1) is 10.2 Å². The van der Waals surface area contributed by atoms with Crippen LogP contribution in [0.1, 0.15) is 25.8 Å². The summed E-state index contributed by atoms with van der Waals surface area (Å²) < 4.78 is 25.8. The third kappa shape index (κ3) is 4.96. The first-order chi connectivity index (χ1) is 15.8. The van der Waals surface area contributed by atoms with Gasteiger partial charge in [0.1, 0.15) is 0 Å². The molecule has 1 aliphatic rings. The lowest BCUT2D eigenvalue weighted by molar-refractivity contribution is -0.131. The number of carbonyl (C=O) groups excluding carboxylic acids is 1. The molecule has 0 bridgehead atoms. The number of benzene rings is 1. The Hall–Kier alpha value is -2.72. The normalized spacial score (nSPS) is 18.2. The van der Waals surface area contributed by atoms with Gasteiger partial charge >= 0.3 is 0 Å². The average molecular weight is 486 g/mol. The zero-order chi connectivity index (χ0) is 23.6. The SMILES string of the molecule is CCN(C(=O)C(C)Sc1nnc(-c2cccnc2)n1-c1ccccc1C)C1CCS(=O)(=O)C1. The van der Waals surface area contributed by atoms with Crippen molar-refractivity contribution in [2.24, 2.45) is 0 Å². The van der Waals surface area contributed by atoms with E-state index in [-0.39, 0.29) is 23.5 Å². The van der Waals surface area contributed by atoms with Gasteiger partial charge in [-0.2, -0.15) is 0 Å². The van der Waals surface area contributed by atoms with Crippen LogP contribution < -0.4 is 0 Å². The monoisotopic (exact) mass is 485 g/mol. The van der Waals surface area contributed by atoms with Crippen molar-refractivity contribution in [2.75, 3.05) is 18.1 Å². The molecule has 10 heteroatoms. The minimum absolute atomic E-state index is 0.0362. The third-order valence-corrected chi connectivity index (χ3v) is 8.59. The number of hydrogen-bond donors (Lipinski definition) is 0. The largest absolute Gasteiger partial charge is 0.338 e. The number of aryl methyl sites for hydroxylation is 1. The van der Waals surface area contributed by atoms with Crippen LogP contribution in [0.25, 0.3) is 17.1 Å². The van der Waals surface area contributed by atoms with Crippen LogP contribution in [-0.4, -0.2) is 68.3 Å². The quantitative estimate of drug-likeness (QED) is 0.474. The Balaban J connectivity index is 1.66. The fourth-order valence-electron chi connectivity index (χ4n) is 4.12. The Morgan fingerprint density at radius 1 is 1.24 bits per heavy atom. The van der Waals surface area contributed by atoms with E-state index >= 15 is 0 Å². The molecule has 1 amide bonds. The predicted molar refractivity (Wildman–Crippen MR) is 129 cm³/mol. The lowest BCUT2D eigenvalue weighted by Crippen LogP contribution is -2.44. The highest BCUT2D eigenvalue weighted by Crippen LogP contribution is 2.32. The summed E-state index contributed by atoms with van der Waals surface area (Å²) in [6.45, 7) is 6.20. The number of rotatable bonds is 7. The highest BCUT2D eigenvalue weighted by molar-refractivity contribution is 8.00. The van der Waals surface area contributed by atoms with Gasteiger partial charge in [0.05, 0.1) is 22.4 Å². The number of amides is 1. The molecule has 3 aromatic rings. The van der Waals surface area contributed by atoms with Crippen molar-refractivity contribution in [3.05, 3.63) is 54.4 Å². The van der Waals surface area contributed by atoms with E-state index in [0.29, 0.717) is 23.9 Å². The number of aromatic nitrogens is 4. The van der Waals surface area contributed by atoms with E-state index in [1.54, 1.807) is 17.3 Å². The van der Waals surface area contributed by atoms with Crippen LogP contribution in [0, 0.1) is 6.92 Å². The van der Waals surface area contributed by atoms with Crippen molar-refractivity contribution < 1.29 is 13.2 Å². The Labute approximate surface area is 198 Å². The summed E-state index contributed by atoms with van der Waals surface area (Å²) in [6, 6.07) is 11.4. The Morgan fingerprint density at radius 2 is 2.03 bits per heavy atom. The number of thioether (sulfide) groups is 1. The Kier molecular flexibility index (Phi) is 6.85. The van der Waals surface area contributed by atoms with E-state index in [4.69, 9.17) is 0 Å². The molecule has 8 nitrogen and oxygen atoms in total. The maximum atomic E-state index is 13.3. The summed E-state index contributed by atoms with van der Waals surface area (Å²) in [4.78, 5) is 19.2. The molecule has 0 aliphatic carbocycles. The summed E-state index contributed by atoms with van der Waals surface area (Å²) in [5.74, 6) is 0.730. The standard InChI is InChI=1S/C23H27N5O3S2/c1-4-27(19-11-13-33(30,31)15-19)22(29)17(3)32-23-26-25-21(18-9-7-12-24-14-18)28(23)20-10-6-5-8-16(20)2/h5-10,12,14,17,19H,4,11,13,15H2,1-3H3. The molecular weight excluding hydrogens is 458 g/mol. The van der Waals surface area contributed by atoms with Crippen molar-refractivity contribution in [1.29, 1.82) is 0 Å². The van der Waals surface area contributed by atoms with Crippen molar-refractivity contribution in [3.63, 3.8) is 0 Å².